The molecule has 5 rings (SSSR count). The number of imidazole rings is 1. The van der Waals surface area contributed by atoms with Crippen LogP contribution in [0, 0.1) is 0 Å². The van der Waals surface area contributed by atoms with Gasteiger partial charge in [-0.25, -0.2) is 21.8 Å². The van der Waals surface area contributed by atoms with E-state index in [4.69, 9.17) is 14.5 Å². The van der Waals surface area contributed by atoms with Crippen molar-refractivity contribution in [1.82, 2.24) is 18.6 Å². The van der Waals surface area contributed by atoms with Crippen LogP contribution < -0.4 is 9.47 Å². The Kier molecular flexibility index (Phi) is 8.42. The highest BCUT2D eigenvalue weighted by molar-refractivity contribution is 7.89. The Hall–Kier alpha value is -2.67. The molecule has 0 bridgehead atoms. The first kappa shape index (κ1) is 28.8. The summed E-state index contributed by atoms with van der Waals surface area (Å²) in [4.78, 5) is 7.94. The molecule has 12 heteroatoms. The molecular weight excluding hydrogens is 552 g/mol. The first-order valence-electron chi connectivity index (χ1n) is 14.1. The molecule has 0 saturated carbocycles. The number of ether oxygens (including phenoxy) is 2. The van der Waals surface area contributed by atoms with Crippen molar-refractivity contribution >= 4 is 31.1 Å². The van der Waals surface area contributed by atoms with Crippen molar-refractivity contribution < 1.29 is 26.3 Å². The maximum atomic E-state index is 13.9. The van der Waals surface area contributed by atoms with Crippen LogP contribution in [-0.2, 0) is 20.0 Å². The first-order valence-corrected chi connectivity index (χ1v) is 16.9. The lowest BCUT2D eigenvalue weighted by Crippen LogP contribution is -2.42. The highest BCUT2D eigenvalue weighted by Crippen LogP contribution is 2.40. The third-order valence-corrected chi connectivity index (χ3v) is 11.8. The number of fused-ring (bicyclic) bond motifs is 1. The van der Waals surface area contributed by atoms with Crippen LogP contribution in [0.15, 0.2) is 46.2 Å². The molecule has 0 spiro atoms. The maximum Gasteiger partial charge on any atom is 0.247 e. The molecule has 2 saturated heterocycles. The van der Waals surface area contributed by atoms with Crippen LogP contribution in [0.5, 0.6) is 11.5 Å². The molecule has 0 amide bonds. The Labute approximate surface area is 236 Å². The van der Waals surface area contributed by atoms with E-state index >= 15 is 0 Å². The van der Waals surface area contributed by atoms with Gasteiger partial charge in [0.1, 0.15) is 27.1 Å². The van der Waals surface area contributed by atoms with Gasteiger partial charge < -0.3 is 14.5 Å². The molecule has 0 aliphatic carbocycles. The second-order valence-corrected chi connectivity index (χ2v) is 14.2. The standard InChI is InChI=1S/C28H38N4O6S2/c1-4-37-24-19-27(40(35,36)32-15-9-8-10-20(32)3)25(38-5-2)18-26(24)39(33,34)31-16-13-21(14-17-31)28-29-22-11-6-7-12-23(22)30-28/h6-7,11-12,18-21H,4-5,8-10,13-17H2,1-3H3,(H,29,30). The highest BCUT2D eigenvalue weighted by atomic mass is 32.2. The zero-order valence-corrected chi connectivity index (χ0v) is 24.9. The summed E-state index contributed by atoms with van der Waals surface area (Å²) in [6, 6.07) is 10.3. The number of piperidine rings is 2. The van der Waals surface area contributed by atoms with Crippen LogP contribution in [0.25, 0.3) is 11.0 Å². The van der Waals surface area contributed by atoms with Gasteiger partial charge in [-0.1, -0.05) is 18.6 Å². The summed E-state index contributed by atoms with van der Waals surface area (Å²) in [6.45, 7) is 6.79. The van der Waals surface area contributed by atoms with Crippen molar-refractivity contribution in [2.75, 3.05) is 32.8 Å². The number of aromatic nitrogens is 2. The van der Waals surface area contributed by atoms with Crippen LogP contribution in [0.1, 0.15) is 64.6 Å². The zero-order valence-electron chi connectivity index (χ0n) is 23.3. The fraction of sp³-hybridized carbons (Fsp3) is 0.536. The van der Waals surface area contributed by atoms with E-state index in [1.54, 1.807) is 13.8 Å². The monoisotopic (exact) mass is 590 g/mol. The van der Waals surface area contributed by atoms with Crippen molar-refractivity contribution in [3.63, 3.8) is 0 Å². The number of sulfonamides is 2. The van der Waals surface area contributed by atoms with E-state index in [0.29, 0.717) is 32.5 Å². The highest BCUT2D eigenvalue weighted by Gasteiger charge is 2.38. The van der Waals surface area contributed by atoms with Crippen molar-refractivity contribution in [3.8, 4) is 11.5 Å². The van der Waals surface area contributed by atoms with Crippen molar-refractivity contribution in [2.45, 2.75) is 74.6 Å². The number of hydrogen-bond acceptors (Lipinski definition) is 7. The number of nitrogens with one attached hydrogen (secondary N) is 1. The Morgan fingerprint density at radius 1 is 0.875 bits per heavy atom. The first-order chi connectivity index (χ1) is 19.2. The Morgan fingerprint density at radius 3 is 2.10 bits per heavy atom. The van der Waals surface area contributed by atoms with Gasteiger partial charge in [-0.3, -0.25) is 0 Å². The molecule has 2 fully saturated rings. The summed E-state index contributed by atoms with van der Waals surface area (Å²) in [5.74, 6) is 1.03. The summed E-state index contributed by atoms with van der Waals surface area (Å²) >= 11 is 0. The molecule has 40 heavy (non-hydrogen) atoms. The van der Waals surface area contributed by atoms with Gasteiger partial charge in [0, 0.05) is 43.7 Å². The lowest BCUT2D eigenvalue weighted by atomic mass is 9.97. The molecule has 3 heterocycles. The molecule has 2 aromatic carbocycles. The summed E-state index contributed by atoms with van der Waals surface area (Å²) in [5.41, 5.74) is 1.86. The quantitative estimate of drug-likeness (QED) is 0.390. The van der Waals surface area contributed by atoms with Gasteiger partial charge in [0.05, 0.1) is 24.2 Å². The average molecular weight is 591 g/mol. The van der Waals surface area contributed by atoms with E-state index in [-0.39, 0.29) is 46.5 Å². The Balaban J connectivity index is 1.45. The Bertz CT molecular complexity index is 1530. The van der Waals surface area contributed by atoms with Crippen LogP contribution >= 0.6 is 0 Å². The van der Waals surface area contributed by atoms with E-state index < -0.39 is 20.0 Å². The number of benzene rings is 2. The minimum absolute atomic E-state index is 0.0219. The number of aromatic amines is 1. The SMILES string of the molecule is CCOc1cc(S(=O)(=O)N2CCCCC2C)c(OCC)cc1S(=O)(=O)N1CCC(c2nc3ccccc3[nH]2)CC1. The van der Waals surface area contributed by atoms with Crippen LogP contribution in [0.4, 0.5) is 0 Å². The molecule has 0 radical (unpaired) electrons. The molecule has 2 aliphatic rings. The molecule has 1 unspecified atom stereocenters. The largest absolute Gasteiger partial charge is 0.492 e. The maximum absolute atomic E-state index is 13.9. The van der Waals surface area contributed by atoms with Gasteiger partial charge in [-0.2, -0.15) is 8.61 Å². The summed E-state index contributed by atoms with van der Waals surface area (Å²) in [7, 11) is -7.93. The molecule has 1 atom stereocenters. The van der Waals surface area contributed by atoms with Gasteiger partial charge in [0.15, 0.2) is 0 Å². The molecular formula is C28H38N4O6S2. The molecule has 10 nitrogen and oxygen atoms in total. The van der Waals surface area contributed by atoms with Gasteiger partial charge in [0.2, 0.25) is 20.0 Å². The smallest absolute Gasteiger partial charge is 0.247 e. The van der Waals surface area contributed by atoms with Crippen molar-refractivity contribution in [2.24, 2.45) is 0 Å². The number of hydrogen-bond donors (Lipinski definition) is 1. The molecule has 1 aromatic heterocycles. The fourth-order valence-corrected chi connectivity index (χ4v) is 9.12. The van der Waals surface area contributed by atoms with Crippen molar-refractivity contribution in [1.29, 1.82) is 0 Å². The lowest BCUT2D eigenvalue weighted by molar-refractivity contribution is 0.265. The van der Waals surface area contributed by atoms with E-state index in [1.165, 1.54) is 20.7 Å². The fourth-order valence-electron chi connectivity index (χ4n) is 5.69. The molecule has 2 aliphatic heterocycles. The number of nitrogens with zero attached hydrogens (tertiary/aromatic N) is 3. The number of para-hydroxylation sites is 2. The lowest BCUT2D eigenvalue weighted by Gasteiger charge is -2.33. The molecule has 1 N–H and O–H groups in total. The minimum Gasteiger partial charge on any atom is -0.492 e. The summed E-state index contributed by atoms with van der Waals surface area (Å²) in [6.07, 6.45) is 3.75. The second-order valence-electron chi connectivity index (χ2n) is 10.4. The molecule has 3 aromatic rings. The molecule has 218 valence electrons. The van der Waals surface area contributed by atoms with Gasteiger partial charge in [-0.15, -0.1) is 0 Å². The Morgan fingerprint density at radius 2 is 1.50 bits per heavy atom. The zero-order chi connectivity index (χ0) is 28.5. The normalized spacial score (nSPS) is 20.1. The van der Waals surface area contributed by atoms with Crippen molar-refractivity contribution in [3.05, 3.63) is 42.2 Å². The predicted molar refractivity (Wildman–Crippen MR) is 153 cm³/mol. The van der Waals surface area contributed by atoms with Crippen LogP contribution in [0.2, 0.25) is 0 Å². The van der Waals surface area contributed by atoms with E-state index in [9.17, 15) is 16.8 Å². The summed E-state index contributed by atoms with van der Waals surface area (Å²) in [5, 5.41) is 0. The number of rotatable bonds is 9. The van der Waals surface area contributed by atoms with E-state index in [0.717, 1.165) is 36.1 Å². The minimum atomic E-state index is -3.99. The van der Waals surface area contributed by atoms with Crippen LogP contribution in [0.3, 0.4) is 0 Å². The van der Waals surface area contributed by atoms with Gasteiger partial charge in [0.25, 0.3) is 0 Å². The van der Waals surface area contributed by atoms with Gasteiger partial charge in [-0.05, 0) is 58.6 Å². The van der Waals surface area contributed by atoms with E-state index in [1.807, 2.05) is 31.2 Å². The average Bonchev–Trinajstić information content (AvgIpc) is 3.38. The number of H-pyrrole nitrogens is 1. The van der Waals surface area contributed by atoms with Gasteiger partial charge >= 0.3 is 0 Å². The van der Waals surface area contributed by atoms with E-state index in [2.05, 4.69) is 4.98 Å². The third kappa shape index (κ3) is 5.46. The van der Waals surface area contributed by atoms with Crippen LogP contribution in [-0.4, -0.2) is 74.3 Å². The summed E-state index contributed by atoms with van der Waals surface area (Å²) < 4.78 is 69.9. The third-order valence-electron chi connectivity index (χ3n) is 7.80. The second kappa shape index (κ2) is 11.7. The predicted octanol–water partition coefficient (Wildman–Crippen LogP) is 4.49. The topological polar surface area (TPSA) is 122 Å².